The van der Waals surface area contributed by atoms with Crippen LogP contribution < -0.4 is 5.32 Å². The number of nitrogens with one attached hydrogen (secondary N) is 1. The number of hydrogen-bond acceptors (Lipinski definition) is 3. The zero-order valence-corrected chi connectivity index (χ0v) is 10.9. The Morgan fingerprint density at radius 1 is 1.44 bits per heavy atom. The molecule has 1 aromatic carbocycles. The van der Waals surface area contributed by atoms with E-state index >= 15 is 0 Å². The fraction of sp³-hybridized carbons (Fsp3) is 0.571. The predicted molar refractivity (Wildman–Crippen MR) is 71.5 cm³/mol. The van der Waals surface area contributed by atoms with Crippen molar-refractivity contribution in [2.24, 2.45) is 5.92 Å². The Bertz CT molecular complexity index is 430. The topological polar surface area (TPSA) is 55.2 Å². The third kappa shape index (κ3) is 3.53. The molecule has 1 fully saturated rings. The van der Waals surface area contributed by atoms with Gasteiger partial charge in [-0.3, -0.25) is 10.1 Å². The lowest BCUT2D eigenvalue weighted by molar-refractivity contribution is -0.384. The van der Waals surface area contributed by atoms with Crippen LogP contribution in [0.3, 0.4) is 0 Å². The van der Waals surface area contributed by atoms with E-state index in [4.69, 9.17) is 0 Å². The largest absolute Gasteiger partial charge is 0.308 e. The molecule has 0 saturated heterocycles. The van der Waals surface area contributed by atoms with Crippen molar-refractivity contribution in [3.05, 3.63) is 39.9 Å². The molecule has 98 valence electrons. The van der Waals surface area contributed by atoms with Crippen molar-refractivity contribution >= 4 is 5.69 Å². The van der Waals surface area contributed by atoms with Gasteiger partial charge in [-0.05, 0) is 31.7 Å². The normalized spacial score (nSPS) is 18.3. The number of nitro benzene ring substituents is 1. The number of hydrogen-bond donors (Lipinski definition) is 1. The standard InChI is InChI=1S/C14H20N2O2/c1-10(8-12-6-7-12)15-11(2)13-4-3-5-14(9-13)16(17)18/h3-5,9-12,15H,6-8H2,1-2H3. The molecule has 1 aromatic rings. The molecule has 2 atom stereocenters. The van der Waals surface area contributed by atoms with Crippen molar-refractivity contribution in [2.75, 3.05) is 0 Å². The van der Waals surface area contributed by atoms with Gasteiger partial charge in [0.25, 0.3) is 5.69 Å². The van der Waals surface area contributed by atoms with E-state index in [9.17, 15) is 10.1 Å². The van der Waals surface area contributed by atoms with Crippen LogP contribution in [0, 0.1) is 16.0 Å². The quantitative estimate of drug-likeness (QED) is 0.619. The second-order valence-electron chi connectivity index (χ2n) is 5.32. The van der Waals surface area contributed by atoms with Crippen LogP contribution in [0.25, 0.3) is 0 Å². The van der Waals surface area contributed by atoms with Crippen molar-refractivity contribution in [1.82, 2.24) is 5.32 Å². The third-order valence-electron chi connectivity index (χ3n) is 3.50. The molecule has 0 spiro atoms. The molecule has 4 nitrogen and oxygen atoms in total. The smallest absolute Gasteiger partial charge is 0.269 e. The van der Waals surface area contributed by atoms with E-state index in [1.54, 1.807) is 12.1 Å². The van der Waals surface area contributed by atoms with Crippen molar-refractivity contribution in [3.8, 4) is 0 Å². The second kappa shape index (κ2) is 5.48. The summed E-state index contributed by atoms with van der Waals surface area (Å²) in [6, 6.07) is 7.49. The Morgan fingerprint density at radius 2 is 2.17 bits per heavy atom. The SMILES string of the molecule is CC(CC1CC1)NC(C)c1cccc([N+](=O)[O-])c1. The second-order valence-corrected chi connectivity index (χ2v) is 5.32. The van der Waals surface area contributed by atoms with Gasteiger partial charge in [0.05, 0.1) is 4.92 Å². The maximum atomic E-state index is 10.7. The Balaban J connectivity index is 1.96. The van der Waals surface area contributed by atoms with E-state index in [0.29, 0.717) is 6.04 Å². The Morgan fingerprint density at radius 3 is 2.78 bits per heavy atom. The summed E-state index contributed by atoms with van der Waals surface area (Å²) in [5.41, 5.74) is 1.14. The van der Waals surface area contributed by atoms with Crippen LogP contribution >= 0.6 is 0 Å². The maximum absolute atomic E-state index is 10.7. The first-order valence-electron chi connectivity index (χ1n) is 6.56. The van der Waals surface area contributed by atoms with Crippen molar-refractivity contribution in [1.29, 1.82) is 0 Å². The zero-order chi connectivity index (χ0) is 13.1. The summed E-state index contributed by atoms with van der Waals surface area (Å²) in [6.45, 7) is 4.24. The Hall–Kier alpha value is -1.42. The van der Waals surface area contributed by atoms with Gasteiger partial charge >= 0.3 is 0 Å². The molecule has 4 heteroatoms. The van der Waals surface area contributed by atoms with Crippen molar-refractivity contribution in [3.63, 3.8) is 0 Å². The molecule has 0 aliphatic heterocycles. The lowest BCUT2D eigenvalue weighted by Gasteiger charge is -2.20. The number of nitro groups is 1. The number of benzene rings is 1. The molecule has 2 rings (SSSR count). The third-order valence-corrected chi connectivity index (χ3v) is 3.50. The molecule has 1 aliphatic carbocycles. The first-order chi connectivity index (χ1) is 8.56. The van der Waals surface area contributed by atoms with E-state index < -0.39 is 0 Å². The van der Waals surface area contributed by atoms with Crippen LogP contribution in [0.2, 0.25) is 0 Å². The van der Waals surface area contributed by atoms with Crippen LogP contribution in [0.1, 0.15) is 44.7 Å². The van der Waals surface area contributed by atoms with Crippen LogP contribution in [0.15, 0.2) is 24.3 Å². The summed E-state index contributed by atoms with van der Waals surface area (Å²) < 4.78 is 0. The summed E-state index contributed by atoms with van der Waals surface area (Å²) in [5, 5.41) is 14.2. The molecule has 1 aliphatic rings. The van der Waals surface area contributed by atoms with Gasteiger partial charge in [0.15, 0.2) is 0 Å². The van der Waals surface area contributed by atoms with Crippen LogP contribution in [0.4, 0.5) is 5.69 Å². The van der Waals surface area contributed by atoms with Crippen LogP contribution in [-0.4, -0.2) is 11.0 Å². The lowest BCUT2D eigenvalue weighted by atomic mass is 10.1. The molecule has 0 bridgehead atoms. The average Bonchev–Trinajstić information content (AvgIpc) is 3.12. The highest BCUT2D eigenvalue weighted by Gasteiger charge is 2.24. The molecule has 2 unspecified atom stereocenters. The van der Waals surface area contributed by atoms with Gasteiger partial charge in [0.1, 0.15) is 0 Å². The fourth-order valence-electron chi connectivity index (χ4n) is 2.35. The number of nitrogens with zero attached hydrogens (tertiary/aromatic N) is 1. The molecule has 1 N–H and O–H groups in total. The predicted octanol–water partition coefficient (Wildman–Crippen LogP) is 3.43. The highest BCUT2D eigenvalue weighted by Crippen LogP contribution is 2.33. The first kappa shape index (κ1) is 13.0. The highest BCUT2D eigenvalue weighted by molar-refractivity contribution is 5.35. The minimum atomic E-state index is -0.343. The van der Waals surface area contributed by atoms with E-state index in [1.807, 2.05) is 6.07 Å². The monoisotopic (exact) mass is 248 g/mol. The zero-order valence-electron chi connectivity index (χ0n) is 10.9. The minimum absolute atomic E-state index is 0.152. The molecule has 18 heavy (non-hydrogen) atoms. The fourth-order valence-corrected chi connectivity index (χ4v) is 2.35. The van der Waals surface area contributed by atoms with Crippen LogP contribution in [0.5, 0.6) is 0 Å². The highest BCUT2D eigenvalue weighted by atomic mass is 16.6. The Labute approximate surface area is 108 Å². The summed E-state index contributed by atoms with van der Waals surface area (Å²) >= 11 is 0. The van der Waals surface area contributed by atoms with Gasteiger partial charge in [0, 0.05) is 24.2 Å². The molecule has 0 amide bonds. The summed E-state index contributed by atoms with van der Waals surface area (Å²) in [7, 11) is 0. The van der Waals surface area contributed by atoms with E-state index in [2.05, 4.69) is 19.2 Å². The minimum Gasteiger partial charge on any atom is -0.308 e. The van der Waals surface area contributed by atoms with Gasteiger partial charge in [-0.25, -0.2) is 0 Å². The number of rotatable bonds is 6. The Kier molecular flexibility index (Phi) is 3.97. The first-order valence-corrected chi connectivity index (χ1v) is 6.56. The molecule has 0 aromatic heterocycles. The van der Waals surface area contributed by atoms with Crippen molar-refractivity contribution < 1.29 is 4.92 Å². The van der Waals surface area contributed by atoms with Gasteiger partial charge < -0.3 is 5.32 Å². The van der Waals surface area contributed by atoms with Gasteiger partial charge in [-0.1, -0.05) is 25.0 Å². The molecular weight excluding hydrogens is 228 g/mol. The molecule has 1 saturated carbocycles. The molecule has 0 radical (unpaired) electrons. The molecular formula is C14H20N2O2. The van der Waals surface area contributed by atoms with Gasteiger partial charge in [0.2, 0.25) is 0 Å². The van der Waals surface area contributed by atoms with Crippen molar-refractivity contribution in [2.45, 2.75) is 45.2 Å². The summed E-state index contributed by atoms with van der Waals surface area (Å²) in [4.78, 5) is 10.4. The lowest BCUT2D eigenvalue weighted by Crippen LogP contribution is -2.29. The van der Waals surface area contributed by atoms with E-state index in [1.165, 1.54) is 25.3 Å². The van der Waals surface area contributed by atoms with E-state index in [-0.39, 0.29) is 16.7 Å². The van der Waals surface area contributed by atoms with Crippen LogP contribution in [-0.2, 0) is 0 Å². The summed E-state index contributed by atoms with van der Waals surface area (Å²) in [5.74, 6) is 0.893. The average molecular weight is 248 g/mol. The molecule has 0 heterocycles. The van der Waals surface area contributed by atoms with Gasteiger partial charge in [-0.15, -0.1) is 0 Å². The number of non-ortho nitro benzene ring substituents is 1. The summed E-state index contributed by atoms with van der Waals surface area (Å²) in [6.07, 6.45) is 3.92. The van der Waals surface area contributed by atoms with Gasteiger partial charge in [-0.2, -0.15) is 0 Å². The maximum Gasteiger partial charge on any atom is 0.269 e. The van der Waals surface area contributed by atoms with E-state index in [0.717, 1.165) is 11.5 Å².